The van der Waals surface area contributed by atoms with Crippen molar-refractivity contribution in [3.05, 3.63) is 66.0 Å². The largest absolute Gasteiger partial charge is 0.348 e. The summed E-state index contributed by atoms with van der Waals surface area (Å²) in [6.07, 6.45) is 2.68. The van der Waals surface area contributed by atoms with Gasteiger partial charge >= 0.3 is 0 Å². The number of nitrogens with zero attached hydrogens (tertiary/aromatic N) is 2. The zero-order chi connectivity index (χ0) is 17.6. The molecule has 0 saturated heterocycles. The van der Waals surface area contributed by atoms with Crippen molar-refractivity contribution >= 4 is 15.9 Å². The van der Waals surface area contributed by atoms with Crippen LogP contribution in [0.5, 0.6) is 0 Å². The van der Waals surface area contributed by atoms with Crippen molar-refractivity contribution in [2.24, 2.45) is 0 Å². The fraction of sp³-hybridized carbons (Fsp3) is 0.294. The number of pyridine rings is 1. The average Bonchev–Trinajstić information content (AvgIpc) is 2.55. The Bertz CT molecular complexity index is 764. The zero-order valence-corrected chi connectivity index (χ0v) is 14.5. The maximum Gasteiger partial charge on any atom is 0.235 e. The molecule has 0 fully saturated rings. The molecule has 1 unspecified atom stereocenters. The smallest absolute Gasteiger partial charge is 0.235 e. The van der Waals surface area contributed by atoms with Gasteiger partial charge in [0, 0.05) is 6.20 Å². The molecule has 0 aliphatic heterocycles. The van der Waals surface area contributed by atoms with Crippen LogP contribution in [0.15, 0.2) is 54.7 Å². The van der Waals surface area contributed by atoms with Crippen LogP contribution in [0.1, 0.15) is 24.2 Å². The lowest BCUT2D eigenvalue weighted by Crippen LogP contribution is -2.40. The molecule has 0 spiro atoms. The molecule has 1 atom stereocenters. The maximum atomic E-state index is 12.2. The summed E-state index contributed by atoms with van der Waals surface area (Å²) in [5.74, 6) is -0.354. The van der Waals surface area contributed by atoms with Crippen LogP contribution in [0.3, 0.4) is 0 Å². The number of hydrogen-bond donors (Lipinski definition) is 1. The minimum absolute atomic E-state index is 0.0623. The molecule has 6 nitrogen and oxygen atoms in total. The fourth-order valence-corrected chi connectivity index (χ4v) is 2.95. The van der Waals surface area contributed by atoms with Crippen molar-refractivity contribution < 1.29 is 13.2 Å². The monoisotopic (exact) mass is 347 g/mol. The third-order valence-electron chi connectivity index (χ3n) is 3.53. The highest BCUT2D eigenvalue weighted by molar-refractivity contribution is 7.88. The Labute approximate surface area is 142 Å². The summed E-state index contributed by atoms with van der Waals surface area (Å²) in [6, 6.07) is 14.6. The molecule has 1 aromatic carbocycles. The Hall–Kier alpha value is -2.25. The quantitative estimate of drug-likeness (QED) is 0.827. The Balaban J connectivity index is 2.02. The third kappa shape index (κ3) is 5.43. The highest BCUT2D eigenvalue weighted by atomic mass is 32.2. The summed E-state index contributed by atoms with van der Waals surface area (Å²) in [4.78, 5) is 16.3. The number of rotatable bonds is 7. The van der Waals surface area contributed by atoms with Crippen LogP contribution >= 0.6 is 0 Å². The molecule has 1 aromatic heterocycles. The number of sulfonamides is 1. The van der Waals surface area contributed by atoms with Crippen molar-refractivity contribution in [3.63, 3.8) is 0 Å². The van der Waals surface area contributed by atoms with Gasteiger partial charge in [0.1, 0.15) is 0 Å². The van der Waals surface area contributed by atoms with E-state index in [1.807, 2.05) is 37.3 Å². The second-order valence-electron chi connectivity index (χ2n) is 5.55. The molecule has 0 saturated carbocycles. The van der Waals surface area contributed by atoms with Gasteiger partial charge in [-0.3, -0.25) is 9.78 Å². The van der Waals surface area contributed by atoms with Crippen LogP contribution < -0.4 is 5.32 Å². The Morgan fingerprint density at radius 2 is 1.83 bits per heavy atom. The molecule has 24 heavy (non-hydrogen) atoms. The van der Waals surface area contributed by atoms with Crippen LogP contribution in [0.4, 0.5) is 0 Å². The number of carbonyl (C=O) groups is 1. The third-order valence-corrected chi connectivity index (χ3v) is 4.73. The Kier molecular flexibility index (Phi) is 6.05. The predicted octanol–water partition coefficient (Wildman–Crippen LogP) is 1.72. The molecular weight excluding hydrogens is 326 g/mol. The van der Waals surface area contributed by atoms with E-state index in [9.17, 15) is 13.2 Å². The summed E-state index contributed by atoms with van der Waals surface area (Å²) >= 11 is 0. The van der Waals surface area contributed by atoms with Gasteiger partial charge in [-0.15, -0.1) is 0 Å². The molecule has 1 amide bonds. The van der Waals surface area contributed by atoms with E-state index >= 15 is 0 Å². The van der Waals surface area contributed by atoms with E-state index in [1.54, 1.807) is 24.4 Å². The number of amides is 1. The minimum Gasteiger partial charge on any atom is -0.348 e. The molecule has 1 heterocycles. The maximum absolute atomic E-state index is 12.2. The molecule has 0 aliphatic rings. The van der Waals surface area contributed by atoms with Gasteiger partial charge in [0.25, 0.3) is 0 Å². The molecule has 0 aliphatic carbocycles. The van der Waals surface area contributed by atoms with Gasteiger partial charge in [-0.2, -0.15) is 4.31 Å². The van der Waals surface area contributed by atoms with Gasteiger partial charge in [0.2, 0.25) is 15.9 Å². The number of nitrogens with one attached hydrogen (secondary N) is 1. The van der Waals surface area contributed by atoms with Crippen LogP contribution in [-0.4, -0.2) is 36.4 Å². The van der Waals surface area contributed by atoms with Crippen molar-refractivity contribution in [3.8, 4) is 0 Å². The first-order chi connectivity index (χ1) is 11.4. The van der Waals surface area contributed by atoms with Crippen LogP contribution in [0.25, 0.3) is 0 Å². The Morgan fingerprint density at radius 1 is 1.17 bits per heavy atom. The first-order valence-corrected chi connectivity index (χ1v) is 9.40. The second kappa shape index (κ2) is 8.03. The molecule has 0 radical (unpaired) electrons. The Morgan fingerprint density at radius 3 is 2.42 bits per heavy atom. The molecule has 0 bridgehead atoms. The zero-order valence-electron chi connectivity index (χ0n) is 13.7. The topological polar surface area (TPSA) is 79.4 Å². The lowest BCUT2D eigenvalue weighted by atomic mass is 10.1. The molecule has 128 valence electrons. The van der Waals surface area contributed by atoms with Gasteiger partial charge in [-0.25, -0.2) is 8.42 Å². The minimum atomic E-state index is -3.53. The van der Waals surface area contributed by atoms with E-state index in [1.165, 1.54) is 0 Å². The van der Waals surface area contributed by atoms with Crippen molar-refractivity contribution in [2.45, 2.75) is 19.5 Å². The second-order valence-corrected chi connectivity index (χ2v) is 7.53. The molecular formula is C17H21N3O3S. The summed E-state index contributed by atoms with van der Waals surface area (Å²) in [5, 5.41) is 2.82. The lowest BCUT2D eigenvalue weighted by molar-refractivity contribution is -0.122. The summed E-state index contributed by atoms with van der Waals surface area (Å²) in [6.45, 7) is 1.68. The summed E-state index contributed by atoms with van der Waals surface area (Å²) in [5.41, 5.74) is 1.55. The molecule has 7 heteroatoms. The van der Waals surface area contributed by atoms with Crippen molar-refractivity contribution in [1.29, 1.82) is 0 Å². The standard InChI is InChI=1S/C17H21N3O3S/c1-14(15-8-4-3-5-9-15)19-17(21)13-20(24(2,22)23)12-16-10-6-7-11-18-16/h3-11,14H,12-13H2,1-2H3,(H,19,21). The average molecular weight is 347 g/mol. The van der Waals surface area contributed by atoms with E-state index in [0.29, 0.717) is 5.69 Å². The highest BCUT2D eigenvalue weighted by Crippen LogP contribution is 2.12. The van der Waals surface area contributed by atoms with Crippen molar-refractivity contribution in [1.82, 2.24) is 14.6 Å². The SMILES string of the molecule is CC(NC(=O)CN(Cc1ccccn1)S(C)(=O)=O)c1ccccc1. The number of aromatic nitrogens is 1. The van der Waals surface area contributed by atoms with E-state index in [4.69, 9.17) is 0 Å². The summed E-state index contributed by atoms with van der Waals surface area (Å²) < 4.78 is 25.0. The van der Waals surface area contributed by atoms with Gasteiger partial charge < -0.3 is 5.32 Å². The van der Waals surface area contributed by atoms with Gasteiger partial charge in [0.05, 0.1) is 31.1 Å². The lowest BCUT2D eigenvalue weighted by Gasteiger charge is -2.21. The first-order valence-electron chi connectivity index (χ1n) is 7.55. The first kappa shape index (κ1) is 18.1. The fourth-order valence-electron chi connectivity index (χ4n) is 2.24. The van der Waals surface area contributed by atoms with Crippen LogP contribution in [0.2, 0.25) is 0 Å². The van der Waals surface area contributed by atoms with E-state index < -0.39 is 10.0 Å². The van der Waals surface area contributed by atoms with Gasteiger partial charge in [-0.1, -0.05) is 36.4 Å². The number of carbonyl (C=O) groups excluding carboxylic acids is 1. The van der Waals surface area contributed by atoms with Crippen molar-refractivity contribution in [2.75, 3.05) is 12.8 Å². The van der Waals surface area contributed by atoms with Crippen LogP contribution in [0, 0.1) is 0 Å². The van der Waals surface area contributed by atoms with E-state index in [-0.39, 0.29) is 25.0 Å². The predicted molar refractivity (Wildman–Crippen MR) is 92.5 cm³/mol. The van der Waals surface area contributed by atoms with Gasteiger partial charge in [0.15, 0.2) is 0 Å². The van der Waals surface area contributed by atoms with E-state index in [2.05, 4.69) is 10.3 Å². The molecule has 2 aromatic rings. The molecule has 2 rings (SSSR count). The normalized spacial score (nSPS) is 12.8. The number of benzene rings is 1. The highest BCUT2D eigenvalue weighted by Gasteiger charge is 2.22. The molecule has 1 N–H and O–H groups in total. The van der Waals surface area contributed by atoms with Crippen LogP contribution in [-0.2, 0) is 21.4 Å². The van der Waals surface area contributed by atoms with E-state index in [0.717, 1.165) is 16.1 Å². The number of hydrogen-bond acceptors (Lipinski definition) is 4. The van der Waals surface area contributed by atoms with Gasteiger partial charge in [-0.05, 0) is 24.6 Å². The summed E-state index contributed by atoms with van der Waals surface area (Å²) in [7, 11) is -3.53.